The van der Waals surface area contributed by atoms with Crippen molar-refractivity contribution in [3.63, 3.8) is 0 Å². The van der Waals surface area contributed by atoms with Gasteiger partial charge in [-0.2, -0.15) is 10.1 Å². The quantitative estimate of drug-likeness (QED) is 0.442. The molecule has 20 heavy (non-hydrogen) atoms. The van der Waals surface area contributed by atoms with E-state index in [9.17, 15) is 19.7 Å². The maximum Gasteiger partial charge on any atom is 0.313 e. The van der Waals surface area contributed by atoms with Crippen LogP contribution in [0.3, 0.4) is 0 Å². The van der Waals surface area contributed by atoms with Crippen molar-refractivity contribution < 1.29 is 14.5 Å². The Hall–Kier alpha value is -2.84. The van der Waals surface area contributed by atoms with Crippen molar-refractivity contribution in [2.45, 2.75) is 12.8 Å². The Labute approximate surface area is 112 Å². The first-order valence-electron chi connectivity index (χ1n) is 5.62. The normalized spacial score (nSPS) is 10.4. The number of rotatable bonds is 4. The van der Waals surface area contributed by atoms with Gasteiger partial charge in [0.25, 0.3) is 5.56 Å². The van der Waals surface area contributed by atoms with Crippen molar-refractivity contribution in [3.8, 4) is 0 Å². The van der Waals surface area contributed by atoms with Crippen molar-refractivity contribution in [1.82, 2.24) is 14.6 Å². The van der Waals surface area contributed by atoms with E-state index < -0.39 is 16.5 Å². The zero-order valence-electron chi connectivity index (χ0n) is 10.5. The molecule has 9 nitrogen and oxygen atoms in total. The fraction of sp³-hybridized carbons (Fsp3) is 0.273. The van der Waals surface area contributed by atoms with Crippen molar-refractivity contribution in [1.29, 1.82) is 0 Å². The second kappa shape index (κ2) is 5.43. The molecule has 0 radical (unpaired) electrons. The number of aromatic nitrogens is 3. The average Bonchev–Trinajstić information content (AvgIpc) is 2.43. The Morgan fingerprint density at radius 3 is 2.95 bits per heavy atom. The van der Waals surface area contributed by atoms with E-state index in [4.69, 9.17) is 0 Å². The van der Waals surface area contributed by atoms with Gasteiger partial charge in [-0.1, -0.05) is 0 Å². The molecule has 2 aromatic heterocycles. The molecule has 0 fully saturated rings. The summed E-state index contributed by atoms with van der Waals surface area (Å²) in [6, 6.07) is 2.66. The molecule has 0 bridgehead atoms. The first-order chi connectivity index (χ1) is 9.52. The topological polar surface area (TPSA) is 117 Å². The molecule has 9 heteroatoms. The lowest BCUT2D eigenvalue weighted by Gasteiger charge is -2.03. The molecule has 0 aromatic carbocycles. The van der Waals surface area contributed by atoms with E-state index in [1.807, 2.05) is 0 Å². The molecule has 0 N–H and O–H groups in total. The summed E-state index contributed by atoms with van der Waals surface area (Å²) in [7, 11) is 1.24. The highest BCUT2D eigenvalue weighted by molar-refractivity contribution is 5.69. The molecule has 0 amide bonds. The average molecular weight is 278 g/mol. The van der Waals surface area contributed by atoms with Gasteiger partial charge in [0.2, 0.25) is 5.65 Å². The fourth-order valence-electron chi connectivity index (χ4n) is 1.62. The SMILES string of the molecule is COC(=O)CCc1nn2cccc([N+](=O)[O-])c2nc1=O. The largest absolute Gasteiger partial charge is 0.469 e. The van der Waals surface area contributed by atoms with Crippen LogP contribution in [-0.2, 0) is 16.0 Å². The second-order valence-electron chi connectivity index (χ2n) is 3.86. The number of carbonyl (C=O) groups is 1. The molecule has 0 atom stereocenters. The van der Waals surface area contributed by atoms with Crippen LogP contribution in [-0.4, -0.2) is 32.6 Å². The van der Waals surface area contributed by atoms with Crippen molar-refractivity contribution in [3.05, 3.63) is 44.5 Å². The minimum absolute atomic E-state index is 0.0125. The number of aryl methyl sites for hydroxylation is 1. The lowest BCUT2D eigenvalue weighted by molar-refractivity contribution is -0.383. The summed E-state index contributed by atoms with van der Waals surface area (Å²) in [5, 5.41) is 14.8. The number of pyridine rings is 1. The van der Waals surface area contributed by atoms with Gasteiger partial charge in [-0.05, 0) is 6.07 Å². The molecule has 2 heterocycles. The van der Waals surface area contributed by atoms with Crippen LogP contribution in [0.5, 0.6) is 0 Å². The van der Waals surface area contributed by atoms with Crippen molar-refractivity contribution in [2.24, 2.45) is 0 Å². The van der Waals surface area contributed by atoms with E-state index >= 15 is 0 Å². The van der Waals surface area contributed by atoms with E-state index in [0.717, 1.165) is 4.52 Å². The summed E-state index contributed by atoms with van der Waals surface area (Å²) in [6.07, 6.45) is 1.49. The standard InChI is InChI=1S/C11H10N4O5/c1-20-9(16)5-4-7-11(17)12-10-8(15(18)19)3-2-6-14(10)13-7/h2-3,6H,4-5H2,1H3. The Morgan fingerprint density at radius 2 is 2.30 bits per heavy atom. The number of fused-ring (bicyclic) bond motifs is 1. The Kier molecular flexibility index (Phi) is 3.69. The van der Waals surface area contributed by atoms with Crippen LogP contribution in [0, 0.1) is 10.1 Å². The first-order valence-corrected chi connectivity index (χ1v) is 5.62. The van der Waals surface area contributed by atoms with Gasteiger partial charge < -0.3 is 4.74 Å². The fourth-order valence-corrected chi connectivity index (χ4v) is 1.62. The van der Waals surface area contributed by atoms with E-state index in [2.05, 4.69) is 14.8 Å². The van der Waals surface area contributed by atoms with E-state index in [0.29, 0.717) is 0 Å². The van der Waals surface area contributed by atoms with Crippen molar-refractivity contribution >= 4 is 17.3 Å². The Morgan fingerprint density at radius 1 is 1.55 bits per heavy atom. The molecule has 0 aliphatic rings. The van der Waals surface area contributed by atoms with E-state index in [1.165, 1.54) is 25.4 Å². The third-order valence-electron chi connectivity index (χ3n) is 2.60. The summed E-state index contributed by atoms with van der Waals surface area (Å²) in [6.45, 7) is 0. The van der Waals surface area contributed by atoms with Gasteiger partial charge in [-0.25, -0.2) is 4.52 Å². The van der Waals surface area contributed by atoms with Gasteiger partial charge in [0, 0.05) is 18.7 Å². The predicted molar refractivity (Wildman–Crippen MR) is 66.2 cm³/mol. The number of ether oxygens (including phenoxy) is 1. The summed E-state index contributed by atoms with van der Waals surface area (Å²) in [4.78, 5) is 36.6. The summed E-state index contributed by atoms with van der Waals surface area (Å²) in [5.41, 5.74) is -1.09. The van der Waals surface area contributed by atoms with Crippen LogP contribution in [0.15, 0.2) is 23.1 Å². The number of hydrogen-bond donors (Lipinski definition) is 0. The Balaban J connectivity index is 2.45. The van der Waals surface area contributed by atoms with Crippen LogP contribution in [0.2, 0.25) is 0 Å². The monoisotopic (exact) mass is 278 g/mol. The number of esters is 1. The maximum atomic E-state index is 11.7. The second-order valence-corrected chi connectivity index (χ2v) is 3.86. The van der Waals surface area contributed by atoms with Gasteiger partial charge in [-0.15, -0.1) is 0 Å². The molecular formula is C11H10N4O5. The summed E-state index contributed by atoms with van der Waals surface area (Å²) in [5.74, 6) is -0.477. The van der Waals surface area contributed by atoms with Gasteiger partial charge in [0.05, 0.1) is 18.5 Å². The van der Waals surface area contributed by atoms with Crippen molar-refractivity contribution in [2.75, 3.05) is 7.11 Å². The molecule has 0 saturated carbocycles. The van der Waals surface area contributed by atoms with E-state index in [1.54, 1.807) is 0 Å². The molecule has 0 unspecified atom stereocenters. The first kappa shape index (κ1) is 13.6. The van der Waals surface area contributed by atoms with Crippen LogP contribution >= 0.6 is 0 Å². The van der Waals surface area contributed by atoms with Gasteiger partial charge in [0.1, 0.15) is 5.69 Å². The lowest BCUT2D eigenvalue weighted by Crippen LogP contribution is -2.20. The minimum Gasteiger partial charge on any atom is -0.469 e. The molecule has 0 aliphatic carbocycles. The molecule has 0 aliphatic heterocycles. The summed E-state index contributed by atoms with van der Waals surface area (Å²) >= 11 is 0. The molecular weight excluding hydrogens is 268 g/mol. The Bertz CT molecular complexity index is 739. The molecule has 104 valence electrons. The zero-order chi connectivity index (χ0) is 14.7. The number of nitrogens with zero attached hydrogens (tertiary/aromatic N) is 4. The van der Waals surface area contributed by atoms with Crippen LogP contribution in [0.4, 0.5) is 5.69 Å². The highest BCUT2D eigenvalue weighted by Gasteiger charge is 2.16. The smallest absolute Gasteiger partial charge is 0.313 e. The molecule has 2 aromatic rings. The highest BCUT2D eigenvalue weighted by Crippen LogP contribution is 2.14. The minimum atomic E-state index is -0.691. The van der Waals surface area contributed by atoms with Gasteiger partial charge >= 0.3 is 11.7 Å². The number of methoxy groups -OCH3 is 1. The number of nitro groups is 1. The maximum absolute atomic E-state index is 11.7. The van der Waals surface area contributed by atoms with Crippen LogP contribution in [0.1, 0.15) is 12.1 Å². The number of hydrogen-bond acceptors (Lipinski definition) is 7. The highest BCUT2D eigenvalue weighted by atomic mass is 16.6. The van der Waals surface area contributed by atoms with Gasteiger partial charge in [-0.3, -0.25) is 19.7 Å². The molecule has 0 spiro atoms. The number of carbonyl (C=O) groups excluding carboxylic acids is 1. The van der Waals surface area contributed by atoms with E-state index in [-0.39, 0.29) is 29.9 Å². The molecule has 2 rings (SSSR count). The van der Waals surface area contributed by atoms with Crippen LogP contribution < -0.4 is 5.56 Å². The zero-order valence-corrected chi connectivity index (χ0v) is 10.5. The summed E-state index contributed by atoms with van der Waals surface area (Å²) < 4.78 is 5.61. The predicted octanol–water partition coefficient (Wildman–Crippen LogP) is 0.103. The van der Waals surface area contributed by atoms with Crippen LogP contribution in [0.25, 0.3) is 5.65 Å². The third-order valence-corrected chi connectivity index (χ3v) is 2.60. The lowest BCUT2D eigenvalue weighted by atomic mass is 10.2. The molecule has 0 saturated heterocycles. The third kappa shape index (κ3) is 2.60. The van der Waals surface area contributed by atoms with Gasteiger partial charge in [0.15, 0.2) is 0 Å².